The minimum Gasteiger partial charge on any atom is -0.379 e. The molecule has 2 N–H and O–H groups in total. The first-order valence-corrected chi connectivity index (χ1v) is 7.30. The van der Waals surface area contributed by atoms with E-state index in [4.69, 9.17) is 4.74 Å². The van der Waals surface area contributed by atoms with E-state index in [9.17, 15) is 4.79 Å². The highest BCUT2D eigenvalue weighted by molar-refractivity contribution is 5.94. The van der Waals surface area contributed by atoms with Crippen LogP contribution in [0.5, 0.6) is 0 Å². The summed E-state index contributed by atoms with van der Waals surface area (Å²) >= 11 is 0. The summed E-state index contributed by atoms with van der Waals surface area (Å²) in [7, 11) is 0. The molecular formula is C16H26N2O2. The molecular weight excluding hydrogens is 252 g/mol. The summed E-state index contributed by atoms with van der Waals surface area (Å²) in [4.78, 5) is 11.9. The van der Waals surface area contributed by atoms with Crippen molar-refractivity contribution in [1.82, 2.24) is 5.32 Å². The Hall–Kier alpha value is -1.39. The van der Waals surface area contributed by atoms with Crippen molar-refractivity contribution in [3.05, 3.63) is 30.3 Å². The van der Waals surface area contributed by atoms with E-state index < -0.39 is 0 Å². The van der Waals surface area contributed by atoms with Crippen LogP contribution in [-0.2, 0) is 9.53 Å². The Morgan fingerprint density at radius 3 is 2.50 bits per heavy atom. The topological polar surface area (TPSA) is 50.4 Å². The van der Waals surface area contributed by atoms with Gasteiger partial charge < -0.3 is 15.4 Å². The molecule has 1 amide bonds. The third-order valence-electron chi connectivity index (χ3n) is 2.91. The predicted molar refractivity (Wildman–Crippen MR) is 82.9 cm³/mol. The number of hydrogen-bond acceptors (Lipinski definition) is 3. The summed E-state index contributed by atoms with van der Waals surface area (Å²) in [6.45, 7) is 7.56. The van der Waals surface area contributed by atoms with E-state index in [0.29, 0.717) is 6.10 Å². The molecule has 1 aromatic carbocycles. The number of anilines is 1. The second kappa shape index (κ2) is 9.50. The molecule has 4 heteroatoms. The first kappa shape index (κ1) is 16.7. The molecule has 1 atom stereocenters. The molecule has 0 saturated carbocycles. The van der Waals surface area contributed by atoms with E-state index >= 15 is 0 Å². The lowest BCUT2D eigenvalue weighted by atomic mass is 10.2. The van der Waals surface area contributed by atoms with Crippen LogP contribution in [0.1, 0.15) is 33.6 Å². The van der Waals surface area contributed by atoms with E-state index in [1.807, 2.05) is 51.1 Å². The van der Waals surface area contributed by atoms with Gasteiger partial charge in [-0.15, -0.1) is 0 Å². The fraction of sp³-hybridized carbons (Fsp3) is 0.562. The highest BCUT2D eigenvalue weighted by Crippen LogP contribution is 2.05. The summed E-state index contributed by atoms with van der Waals surface area (Å²) in [6.07, 6.45) is 2.31. The lowest BCUT2D eigenvalue weighted by molar-refractivity contribution is -0.117. The van der Waals surface area contributed by atoms with E-state index in [1.165, 1.54) is 0 Å². The first-order chi connectivity index (χ1) is 9.59. The van der Waals surface area contributed by atoms with Crippen molar-refractivity contribution in [2.75, 3.05) is 18.5 Å². The normalized spacial score (nSPS) is 12.4. The summed E-state index contributed by atoms with van der Waals surface area (Å²) in [6, 6.07) is 9.31. The molecule has 0 fully saturated rings. The molecule has 0 aromatic heterocycles. The van der Waals surface area contributed by atoms with E-state index in [-0.39, 0.29) is 11.9 Å². The number of para-hydroxylation sites is 1. The number of hydrogen-bond donors (Lipinski definition) is 2. The fourth-order valence-electron chi connectivity index (χ4n) is 1.73. The average Bonchev–Trinajstić information content (AvgIpc) is 2.43. The molecule has 0 aliphatic carbocycles. The molecule has 1 rings (SSSR count). The van der Waals surface area contributed by atoms with Crippen LogP contribution >= 0.6 is 0 Å². The lowest BCUT2D eigenvalue weighted by Gasteiger charge is -2.14. The number of benzene rings is 1. The van der Waals surface area contributed by atoms with Crippen molar-refractivity contribution in [2.45, 2.75) is 45.8 Å². The number of ether oxygens (including phenoxy) is 1. The van der Waals surface area contributed by atoms with Gasteiger partial charge in [0, 0.05) is 12.3 Å². The highest BCUT2D eigenvalue weighted by Gasteiger charge is 2.11. The number of amides is 1. The zero-order valence-corrected chi connectivity index (χ0v) is 12.7. The summed E-state index contributed by atoms with van der Waals surface area (Å²) < 4.78 is 5.47. The van der Waals surface area contributed by atoms with Gasteiger partial charge in [0.2, 0.25) is 5.91 Å². The molecule has 20 heavy (non-hydrogen) atoms. The lowest BCUT2D eigenvalue weighted by Crippen LogP contribution is -2.38. The van der Waals surface area contributed by atoms with Crippen LogP contribution in [0.2, 0.25) is 0 Å². The van der Waals surface area contributed by atoms with Crippen LogP contribution in [0, 0.1) is 0 Å². The molecule has 0 bridgehead atoms. The summed E-state index contributed by atoms with van der Waals surface area (Å²) in [5, 5.41) is 6.11. The SMILES string of the molecule is CC(C)OCCCCNC(C)C(=O)Nc1ccccc1. The zero-order valence-electron chi connectivity index (χ0n) is 12.7. The maximum Gasteiger partial charge on any atom is 0.241 e. The van der Waals surface area contributed by atoms with Crippen molar-refractivity contribution in [3.63, 3.8) is 0 Å². The van der Waals surface area contributed by atoms with Gasteiger partial charge in [-0.3, -0.25) is 4.79 Å². The standard InChI is InChI=1S/C16H26N2O2/c1-13(2)20-12-8-7-11-17-14(3)16(19)18-15-9-5-4-6-10-15/h4-6,9-10,13-14,17H,7-8,11-12H2,1-3H3,(H,18,19). The smallest absolute Gasteiger partial charge is 0.241 e. The second-order valence-corrected chi connectivity index (χ2v) is 5.16. The third-order valence-corrected chi connectivity index (χ3v) is 2.91. The molecule has 0 radical (unpaired) electrons. The predicted octanol–water partition coefficient (Wildman–Crippen LogP) is 2.81. The minimum absolute atomic E-state index is 0.00497. The number of rotatable bonds is 9. The van der Waals surface area contributed by atoms with Gasteiger partial charge in [-0.1, -0.05) is 18.2 Å². The van der Waals surface area contributed by atoms with Crippen LogP contribution in [0.4, 0.5) is 5.69 Å². The maximum absolute atomic E-state index is 11.9. The van der Waals surface area contributed by atoms with Gasteiger partial charge in [-0.2, -0.15) is 0 Å². The quantitative estimate of drug-likeness (QED) is 0.683. The number of carbonyl (C=O) groups excluding carboxylic acids is 1. The van der Waals surface area contributed by atoms with Gasteiger partial charge in [0.05, 0.1) is 12.1 Å². The monoisotopic (exact) mass is 278 g/mol. The zero-order chi connectivity index (χ0) is 14.8. The average molecular weight is 278 g/mol. The highest BCUT2D eigenvalue weighted by atomic mass is 16.5. The van der Waals surface area contributed by atoms with Crippen LogP contribution in [0.15, 0.2) is 30.3 Å². The molecule has 0 heterocycles. The molecule has 4 nitrogen and oxygen atoms in total. The molecule has 1 aromatic rings. The van der Waals surface area contributed by atoms with E-state index in [1.54, 1.807) is 0 Å². The van der Waals surface area contributed by atoms with Crippen molar-refractivity contribution < 1.29 is 9.53 Å². The van der Waals surface area contributed by atoms with Crippen LogP contribution in [-0.4, -0.2) is 31.2 Å². The van der Waals surface area contributed by atoms with Crippen molar-refractivity contribution >= 4 is 11.6 Å². The van der Waals surface area contributed by atoms with E-state index in [2.05, 4.69) is 10.6 Å². The van der Waals surface area contributed by atoms with Crippen LogP contribution in [0.25, 0.3) is 0 Å². The Kier molecular flexibility index (Phi) is 7.92. The third kappa shape index (κ3) is 7.26. The Morgan fingerprint density at radius 2 is 1.85 bits per heavy atom. The maximum atomic E-state index is 11.9. The van der Waals surface area contributed by atoms with Crippen LogP contribution < -0.4 is 10.6 Å². The van der Waals surface area contributed by atoms with Gasteiger partial charge in [-0.05, 0) is 52.3 Å². The van der Waals surface area contributed by atoms with Crippen LogP contribution in [0.3, 0.4) is 0 Å². The molecule has 0 aliphatic heterocycles. The van der Waals surface area contributed by atoms with Crippen molar-refractivity contribution in [3.8, 4) is 0 Å². The Bertz CT molecular complexity index is 379. The van der Waals surface area contributed by atoms with Crippen molar-refractivity contribution in [1.29, 1.82) is 0 Å². The van der Waals surface area contributed by atoms with E-state index in [0.717, 1.165) is 31.7 Å². The Morgan fingerprint density at radius 1 is 1.15 bits per heavy atom. The second-order valence-electron chi connectivity index (χ2n) is 5.16. The van der Waals surface area contributed by atoms with Gasteiger partial charge in [0.25, 0.3) is 0 Å². The summed E-state index contributed by atoms with van der Waals surface area (Å²) in [5.74, 6) is -0.00497. The Balaban J connectivity index is 2.13. The largest absolute Gasteiger partial charge is 0.379 e. The molecule has 1 unspecified atom stereocenters. The Labute approximate surface area is 121 Å². The number of carbonyl (C=O) groups is 1. The van der Waals surface area contributed by atoms with Gasteiger partial charge in [0.15, 0.2) is 0 Å². The molecule has 0 saturated heterocycles. The molecule has 112 valence electrons. The van der Waals surface area contributed by atoms with Gasteiger partial charge in [-0.25, -0.2) is 0 Å². The van der Waals surface area contributed by atoms with Gasteiger partial charge >= 0.3 is 0 Å². The molecule has 0 spiro atoms. The number of unbranched alkanes of at least 4 members (excludes halogenated alkanes) is 1. The molecule has 0 aliphatic rings. The first-order valence-electron chi connectivity index (χ1n) is 7.30. The van der Waals surface area contributed by atoms with Gasteiger partial charge in [0.1, 0.15) is 0 Å². The fourth-order valence-corrected chi connectivity index (χ4v) is 1.73. The summed E-state index contributed by atoms with van der Waals surface area (Å²) in [5.41, 5.74) is 0.830. The minimum atomic E-state index is -0.193. The number of nitrogens with one attached hydrogen (secondary N) is 2. The van der Waals surface area contributed by atoms with Crippen molar-refractivity contribution in [2.24, 2.45) is 0 Å².